The lowest BCUT2D eigenvalue weighted by atomic mass is 9.85. The molecule has 0 fully saturated rings. The number of hydrogen-bond acceptors (Lipinski definition) is 2. The fourth-order valence-corrected chi connectivity index (χ4v) is 1.90. The second-order valence-corrected chi connectivity index (χ2v) is 3.80. The molecule has 60 valence electrons. The Bertz CT molecular complexity index is 324. The largest absolute Gasteiger partial charge is 0.245 e. The highest BCUT2D eigenvalue weighted by Gasteiger charge is 2.06. The van der Waals surface area contributed by atoms with Crippen LogP contribution in [-0.4, -0.2) is 12.8 Å². The summed E-state index contributed by atoms with van der Waals surface area (Å²) in [4.78, 5) is 4.29. The van der Waals surface area contributed by atoms with Gasteiger partial charge in [-0.15, -0.1) is 16.8 Å². The van der Waals surface area contributed by atoms with Crippen LogP contribution < -0.4 is 0 Å². The lowest BCUT2D eigenvalue weighted by molar-refractivity contribution is 1.02. The van der Waals surface area contributed by atoms with Crippen LogP contribution >= 0.6 is 11.3 Å². The van der Waals surface area contributed by atoms with Gasteiger partial charge < -0.3 is 0 Å². The summed E-state index contributed by atoms with van der Waals surface area (Å²) in [7, 11) is 2.17. The first-order chi connectivity index (χ1) is 5.86. The molecule has 0 aromatic carbocycles. The minimum absolute atomic E-state index is 1.14. The maximum Gasteiger partial charge on any atom is 0.133 e. The second kappa shape index (κ2) is 3.27. The standard InChI is InChI=1S/C9H10BNS/c10-8-3-1-7(2-4-8)9-5-12-6-11-9/h1,3,5-6H,2,4,10H2. The molecule has 0 unspecified atom stereocenters. The molecule has 1 aliphatic carbocycles. The van der Waals surface area contributed by atoms with Crippen molar-refractivity contribution >= 4 is 24.8 Å². The van der Waals surface area contributed by atoms with Crippen molar-refractivity contribution in [3.05, 3.63) is 34.2 Å². The van der Waals surface area contributed by atoms with Gasteiger partial charge in [0.25, 0.3) is 0 Å². The third kappa shape index (κ3) is 1.51. The van der Waals surface area contributed by atoms with Gasteiger partial charge in [-0.05, 0) is 18.4 Å². The normalized spacial score (nSPS) is 17.0. The third-order valence-corrected chi connectivity index (χ3v) is 2.71. The quantitative estimate of drug-likeness (QED) is 0.593. The molecule has 3 heteroatoms. The van der Waals surface area contributed by atoms with E-state index >= 15 is 0 Å². The summed E-state index contributed by atoms with van der Waals surface area (Å²) in [6, 6.07) is 0. The Labute approximate surface area is 77.2 Å². The van der Waals surface area contributed by atoms with Crippen LogP contribution in [0.4, 0.5) is 0 Å². The molecule has 0 aliphatic heterocycles. The summed E-state index contributed by atoms with van der Waals surface area (Å²) in [6.07, 6.45) is 6.71. The zero-order valence-corrected chi connectivity index (χ0v) is 7.90. The van der Waals surface area contributed by atoms with E-state index in [1.165, 1.54) is 17.5 Å². The number of aromatic nitrogens is 1. The summed E-state index contributed by atoms with van der Waals surface area (Å²) in [5.41, 5.74) is 5.89. The Kier molecular flexibility index (Phi) is 2.13. The van der Waals surface area contributed by atoms with Gasteiger partial charge in [0.2, 0.25) is 0 Å². The molecule has 1 nitrogen and oxygen atoms in total. The molecule has 0 atom stereocenters. The van der Waals surface area contributed by atoms with Crippen molar-refractivity contribution in [1.82, 2.24) is 4.98 Å². The summed E-state index contributed by atoms with van der Waals surface area (Å²) in [5.74, 6) is 0. The topological polar surface area (TPSA) is 12.9 Å². The molecule has 0 spiro atoms. The van der Waals surface area contributed by atoms with Crippen LogP contribution in [0.1, 0.15) is 18.5 Å². The van der Waals surface area contributed by atoms with Gasteiger partial charge in [-0.25, -0.2) is 4.98 Å². The molecule has 0 radical (unpaired) electrons. The first-order valence-electron chi connectivity index (χ1n) is 4.11. The number of rotatable bonds is 1. The van der Waals surface area contributed by atoms with E-state index in [9.17, 15) is 0 Å². The Morgan fingerprint density at radius 1 is 1.33 bits per heavy atom. The van der Waals surface area contributed by atoms with Crippen LogP contribution in [0, 0.1) is 0 Å². The summed E-state index contributed by atoms with van der Waals surface area (Å²) < 4.78 is 0. The molecule has 0 N–H and O–H groups in total. The lowest BCUT2D eigenvalue weighted by Gasteiger charge is -2.09. The van der Waals surface area contributed by atoms with Gasteiger partial charge in [-0.3, -0.25) is 0 Å². The van der Waals surface area contributed by atoms with E-state index in [4.69, 9.17) is 0 Å². The van der Waals surface area contributed by atoms with E-state index in [2.05, 4.69) is 30.4 Å². The van der Waals surface area contributed by atoms with Crippen LogP contribution in [0.15, 0.2) is 28.5 Å². The average molecular weight is 175 g/mol. The molecule has 2 rings (SSSR count). The minimum atomic E-state index is 1.14. The van der Waals surface area contributed by atoms with Crippen LogP contribution in [0.2, 0.25) is 0 Å². The summed E-state index contributed by atoms with van der Waals surface area (Å²) >= 11 is 1.66. The number of nitrogens with zero attached hydrogens (tertiary/aromatic N) is 1. The molecule has 0 bridgehead atoms. The molecule has 0 saturated carbocycles. The lowest BCUT2D eigenvalue weighted by Crippen LogP contribution is -1.92. The highest BCUT2D eigenvalue weighted by Crippen LogP contribution is 2.24. The van der Waals surface area contributed by atoms with E-state index in [-0.39, 0.29) is 0 Å². The van der Waals surface area contributed by atoms with Gasteiger partial charge in [0, 0.05) is 5.38 Å². The van der Waals surface area contributed by atoms with E-state index in [1.807, 2.05) is 5.51 Å². The van der Waals surface area contributed by atoms with E-state index in [0.717, 1.165) is 12.1 Å². The molecule has 1 aromatic rings. The van der Waals surface area contributed by atoms with Crippen molar-refractivity contribution in [2.75, 3.05) is 0 Å². The van der Waals surface area contributed by atoms with Gasteiger partial charge in [-0.2, -0.15) is 0 Å². The van der Waals surface area contributed by atoms with Crippen LogP contribution in [0.25, 0.3) is 5.57 Å². The molecule has 0 saturated heterocycles. The van der Waals surface area contributed by atoms with Crippen molar-refractivity contribution < 1.29 is 0 Å². The Morgan fingerprint density at radius 3 is 2.83 bits per heavy atom. The van der Waals surface area contributed by atoms with Crippen molar-refractivity contribution in [3.8, 4) is 0 Å². The molecular weight excluding hydrogens is 165 g/mol. The highest BCUT2D eigenvalue weighted by atomic mass is 32.1. The molecule has 1 heterocycles. The van der Waals surface area contributed by atoms with Gasteiger partial charge in [0.1, 0.15) is 7.85 Å². The van der Waals surface area contributed by atoms with Gasteiger partial charge in [0.15, 0.2) is 0 Å². The SMILES string of the molecule is BC1=CC=C(c2cscn2)CC1. The fourth-order valence-electron chi connectivity index (χ4n) is 1.33. The maximum atomic E-state index is 4.29. The molecular formula is C9H10BNS. The van der Waals surface area contributed by atoms with E-state index in [1.54, 1.807) is 11.3 Å². The van der Waals surface area contributed by atoms with Crippen LogP contribution in [0.3, 0.4) is 0 Å². The number of thiazole rings is 1. The van der Waals surface area contributed by atoms with Crippen LogP contribution in [0.5, 0.6) is 0 Å². The molecule has 1 aliphatic rings. The molecule has 12 heavy (non-hydrogen) atoms. The first kappa shape index (κ1) is 7.81. The molecule has 1 aromatic heterocycles. The van der Waals surface area contributed by atoms with E-state index < -0.39 is 0 Å². The maximum absolute atomic E-state index is 4.29. The summed E-state index contributed by atoms with van der Waals surface area (Å²) in [5, 5.41) is 2.11. The fraction of sp³-hybridized carbons (Fsp3) is 0.222. The third-order valence-electron chi connectivity index (χ3n) is 2.12. The number of allylic oxidation sites excluding steroid dienone is 4. The predicted molar refractivity (Wildman–Crippen MR) is 56.0 cm³/mol. The van der Waals surface area contributed by atoms with Crippen LogP contribution in [-0.2, 0) is 0 Å². The average Bonchev–Trinajstić information content (AvgIpc) is 2.58. The first-order valence-corrected chi connectivity index (χ1v) is 5.05. The van der Waals surface area contributed by atoms with Gasteiger partial charge in [0.05, 0.1) is 11.2 Å². The predicted octanol–water partition coefficient (Wildman–Crippen LogP) is 1.84. The van der Waals surface area contributed by atoms with Gasteiger partial charge in [-0.1, -0.05) is 12.2 Å². The minimum Gasteiger partial charge on any atom is -0.245 e. The Hall–Kier alpha value is -0.825. The molecule has 0 amide bonds. The monoisotopic (exact) mass is 175 g/mol. The van der Waals surface area contributed by atoms with Crippen molar-refractivity contribution in [2.24, 2.45) is 0 Å². The second-order valence-electron chi connectivity index (χ2n) is 3.08. The van der Waals surface area contributed by atoms with Crippen molar-refractivity contribution in [1.29, 1.82) is 0 Å². The smallest absolute Gasteiger partial charge is 0.133 e. The van der Waals surface area contributed by atoms with Crippen molar-refractivity contribution in [2.45, 2.75) is 12.8 Å². The zero-order chi connectivity index (χ0) is 8.39. The number of hydrogen-bond donors (Lipinski definition) is 0. The zero-order valence-electron chi connectivity index (χ0n) is 7.08. The van der Waals surface area contributed by atoms with E-state index in [0.29, 0.717) is 0 Å². The van der Waals surface area contributed by atoms with Gasteiger partial charge >= 0.3 is 0 Å². The highest BCUT2D eigenvalue weighted by molar-refractivity contribution is 7.07. The Morgan fingerprint density at radius 2 is 2.25 bits per heavy atom. The summed E-state index contributed by atoms with van der Waals surface area (Å²) in [6.45, 7) is 0. The van der Waals surface area contributed by atoms with Crippen molar-refractivity contribution in [3.63, 3.8) is 0 Å². The Balaban J connectivity index is 2.27.